The van der Waals surface area contributed by atoms with Crippen LogP contribution in [0.4, 0.5) is 0 Å². The van der Waals surface area contributed by atoms with E-state index < -0.39 is 0 Å². The minimum Gasteiger partial charge on any atom is -0.264 e. The van der Waals surface area contributed by atoms with Crippen LogP contribution in [0, 0.1) is 6.92 Å². The van der Waals surface area contributed by atoms with E-state index in [1.165, 1.54) is 16.3 Å². The Hall–Kier alpha value is -0.890. The molecule has 2 aromatic rings. The Morgan fingerprint density at radius 1 is 1.25 bits per heavy atom. The van der Waals surface area contributed by atoms with E-state index in [1.54, 1.807) is 0 Å². The first-order valence-corrected chi connectivity index (χ1v) is 4.56. The molecule has 0 aliphatic rings. The molecule has 1 aromatic carbocycles. The smallest absolute Gasteiger partial charge is 0.0346 e. The van der Waals surface area contributed by atoms with Gasteiger partial charge in [0, 0.05) is 22.3 Å². The summed E-state index contributed by atoms with van der Waals surface area (Å²) in [7, 11) is 0. The van der Waals surface area contributed by atoms with E-state index in [0.29, 0.717) is 0 Å². The van der Waals surface area contributed by atoms with Gasteiger partial charge in [-0.2, -0.15) is 0 Å². The quantitative estimate of drug-likeness (QED) is 0.666. The molecule has 0 bridgehead atoms. The molecule has 12 heavy (non-hydrogen) atoms. The molecule has 2 heteroatoms. The lowest BCUT2D eigenvalue weighted by Gasteiger charge is -2.00. The molecule has 0 aliphatic carbocycles. The van der Waals surface area contributed by atoms with Crippen LogP contribution in [-0.4, -0.2) is 4.98 Å². The average molecular weight is 222 g/mol. The summed E-state index contributed by atoms with van der Waals surface area (Å²) >= 11 is 3.49. The van der Waals surface area contributed by atoms with Crippen molar-refractivity contribution in [1.29, 1.82) is 0 Å². The predicted molar refractivity (Wildman–Crippen MR) is 54.2 cm³/mol. The molecule has 0 amide bonds. The van der Waals surface area contributed by atoms with Gasteiger partial charge in [-0.25, -0.2) is 0 Å². The van der Waals surface area contributed by atoms with E-state index in [0.717, 1.165) is 4.47 Å². The van der Waals surface area contributed by atoms with Crippen LogP contribution in [0.3, 0.4) is 0 Å². The van der Waals surface area contributed by atoms with Crippen molar-refractivity contribution < 1.29 is 0 Å². The third-order valence-corrected chi connectivity index (χ3v) is 2.77. The first-order chi connectivity index (χ1) is 5.77. The van der Waals surface area contributed by atoms with Crippen LogP contribution < -0.4 is 0 Å². The SMILES string of the molecule is Cc1cc2ccncc2cc1Br. The first kappa shape index (κ1) is 7.74. The van der Waals surface area contributed by atoms with Crippen LogP contribution in [0.1, 0.15) is 5.56 Å². The van der Waals surface area contributed by atoms with Crippen LogP contribution in [0.25, 0.3) is 10.8 Å². The Morgan fingerprint density at radius 2 is 2.08 bits per heavy atom. The number of nitrogens with zero attached hydrogens (tertiary/aromatic N) is 1. The highest BCUT2D eigenvalue weighted by Crippen LogP contribution is 2.22. The molecule has 0 saturated carbocycles. The molecule has 2 rings (SSSR count). The van der Waals surface area contributed by atoms with Crippen LogP contribution in [0.5, 0.6) is 0 Å². The third kappa shape index (κ3) is 1.23. The summed E-state index contributed by atoms with van der Waals surface area (Å²) in [5.41, 5.74) is 1.26. The van der Waals surface area contributed by atoms with Gasteiger partial charge in [0.05, 0.1) is 0 Å². The number of hydrogen-bond acceptors (Lipinski definition) is 1. The summed E-state index contributed by atoms with van der Waals surface area (Å²) in [6.45, 7) is 2.09. The minimum atomic E-state index is 1.14. The fourth-order valence-electron chi connectivity index (χ4n) is 1.22. The monoisotopic (exact) mass is 221 g/mol. The van der Waals surface area contributed by atoms with Crippen molar-refractivity contribution in [3.05, 3.63) is 40.6 Å². The molecule has 1 heterocycles. The Kier molecular flexibility index (Phi) is 1.85. The van der Waals surface area contributed by atoms with Crippen LogP contribution >= 0.6 is 15.9 Å². The average Bonchev–Trinajstić information content (AvgIpc) is 2.07. The van der Waals surface area contributed by atoms with E-state index >= 15 is 0 Å². The molecule has 0 aliphatic heterocycles. The second-order valence-electron chi connectivity index (χ2n) is 2.82. The van der Waals surface area contributed by atoms with Gasteiger partial charge in [-0.05, 0) is 30.0 Å². The maximum atomic E-state index is 4.06. The van der Waals surface area contributed by atoms with Gasteiger partial charge in [0.25, 0.3) is 0 Å². The molecule has 0 atom stereocenters. The molecule has 0 N–H and O–H groups in total. The zero-order chi connectivity index (χ0) is 8.55. The Balaban J connectivity index is 2.84. The van der Waals surface area contributed by atoms with E-state index in [2.05, 4.69) is 40.0 Å². The number of pyridine rings is 1. The van der Waals surface area contributed by atoms with Gasteiger partial charge < -0.3 is 0 Å². The van der Waals surface area contributed by atoms with Crippen molar-refractivity contribution in [3.8, 4) is 0 Å². The van der Waals surface area contributed by atoms with Crippen LogP contribution in [0.2, 0.25) is 0 Å². The van der Waals surface area contributed by atoms with Gasteiger partial charge in [-0.15, -0.1) is 0 Å². The fraction of sp³-hybridized carbons (Fsp3) is 0.100. The number of fused-ring (bicyclic) bond motifs is 1. The molecule has 0 spiro atoms. The summed E-state index contributed by atoms with van der Waals surface area (Å²) < 4.78 is 1.14. The minimum absolute atomic E-state index is 1.14. The number of rotatable bonds is 0. The van der Waals surface area contributed by atoms with Crippen molar-refractivity contribution in [2.45, 2.75) is 6.92 Å². The number of benzene rings is 1. The fourth-order valence-corrected chi connectivity index (χ4v) is 1.58. The van der Waals surface area contributed by atoms with Gasteiger partial charge in [-0.1, -0.05) is 22.0 Å². The first-order valence-electron chi connectivity index (χ1n) is 3.77. The highest BCUT2D eigenvalue weighted by molar-refractivity contribution is 9.10. The van der Waals surface area contributed by atoms with E-state index in [4.69, 9.17) is 0 Å². The number of halogens is 1. The topological polar surface area (TPSA) is 12.9 Å². The molecular formula is C10H8BrN. The number of hydrogen-bond donors (Lipinski definition) is 0. The van der Waals surface area contributed by atoms with E-state index in [9.17, 15) is 0 Å². The van der Waals surface area contributed by atoms with Gasteiger partial charge in [0.15, 0.2) is 0 Å². The zero-order valence-electron chi connectivity index (χ0n) is 6.71. The maximum Gasteiger partial charge on any atom is 0.0346 e. The summed E-state index contributed by atoms with van der Waals surface area (Å²) in [6, 6.07) is 6.27. The molecule has 0 unspecified atom stereocenters. The molecule has 1 aromatic heterocycles. The van der Waals surface area contributed by atoms with Crippen LogP contribution in [-0.2, 0) is 0 Å². The third-order valence-electron chi connectivity index (χ3n) is 1.92. The molecule has 1 nitrogen and oxygen atoms in total. The largest absolute Gasteiger partial charge is 0.264 e. The number of aryl methyl sites for hydroxylation is 1. The lowest BCUT2D eigenvalue weighted by Crippen LogP contribution is -1.79. The highest BCUT2D eigenvalue weighted by Gasteiger charge is 1.97. The van der Waals surface area contributed by atoms with Crippen molar-refractivity contribution in [2.75, 3.05) is 0 Å². The van der Waals surface area contributed by atoms with Crippen molar-refractivity contribution >= 4 is 26.7 Å². The van der Waals surface area contributed by atoms with Gasteiger partial charge in [-0.3, -0.25) is 4.98 Å². The maximum absolute atomic E-state index is 4.06. The number of aromatic nitrogens is 1. The summed E-state index contributed by atoms with van der Waals surface area (Å²) in [5, 5.41) is 2.42. The Bertz CT molecular complexity index is 383. The van der Waals surface area contributed by atoms with Crippen molar-refractivity contribution in [1.82, 2.24) is 4.98 Å². The van der Waals surface area contributed by atoms with E-state index in [-0.39, 0.29) is 0 Å². The second-order valence-corrected chi connectivity index (χ2v) is 3.68. The van der Waals surface area contributed by atoms with Gasteiger partial charge >= 0.3 is 0 Å². The molecule has 0 fully saturated rings. The summed E-state index contributed by atoms with van der Waals surface area (Å²) in [5.74, 6) is 0. The molecule has 0 saturated heterocycles. The lowest BCUT2D eigenvalue weighted by atomic mass is 10.1. The normalized spacial score (nSPS) is 10.5. The van der Waals surface area contributed by atoms with Crippen molar-refractivity contribution in [2.24, 2.45) is 0 Å². The standard InChI is InChI=1S/C10H8BrN/c1-7-4-8-2-3-12-6-9(8)5-10(7)11/h2-6H,1H3. The Labute approximate surface area is 79.6 Å². The van der Waals surface area contributed by atoms with Crippen molar-refractivity contribution in [3.63, 3.8) is 0 Å². The Morgan fingerprint density at radius 3 is 2.92 bits per heavy atom. The zero-order valence-corrected chi connectivity index (χ0v) is 8.30. The van der Waals surface area contributed by atoms with Gasteiger partial charge in [0.1, 0.15) is 0 Å². The van der Waals surface area contributed by atoms with E-state index in [1.807, 2.05) is 18.5 Å². The summed E-state index contributed by atoms with van der Waals surface area (Å²) in [4.78, 5) is 4.06. The van der Waals surface area contributed by atoms with Gasteiger partial charge in [0.2, 0.25) is 0 Å². The van der Waals surface area contributed by atoms with Crippen LogP contribution in [0.15, 0.2) is 35.1 Å². The molecule has 0 radical (unpaired) electrons. The molecule has 60 valence electrons. The summed E-state index contributed by atoms with van der Waals surface area (Å²) in [6.07, 6.45) is 3.69. The highest BCUT2D eigenvalue weighted by atomic mass is 79.9. The molecular weight excluding hydrogens is 214 g/mol. The second kappa shape index (κ2) is 2.87. The lowest BCUT2D eigenvalue weighted by molar-refractivity contribution is 1.35. The predicted octanol–water partition coefficient (Wildman–Crippen LogP) is 3.31.